The summed E-state index contributed by atoms with van der Waals surface area (Å²) in [5.74, 6) is 0. The number of hydrogen-bond acceptors (Lipinski definition) is 2. The van der Waals surface area contributed by atoms with Gasteiger partial charge in [0, 0.05) is 22.5 Å². The van der Waals surface area contributed by atoms with E-state index in [0.29, 0.717) is 6.54 Å². The summed E-state index contributed by atoms with van der Waals surface area (Å²) in [6.07, 6.45) is 4.76. The second-order valence-corrected chi connectivity index (χ2v) is 3.77. The average Bonchev–Trinajstić information content (AvgIpc) is 2.71. The first-order chi connectivity index (χ1) is 8.31. The maximum atomic E-state index is 8.13. The van der Waals surface area contributed by atoms with Crippen molar-refractivity contribution in [3.8, 4) is 0 Å². The Hall–Kier alpha value is -2.26. The Labute approximate surface area is 98.8 Å². The molecule has 17 heavy (non-hydrogen) atoms. The lowest BCUT2D eigenvalue weighted by Crippen LogP contribution is -1.76. The summed E-state index contributed by atoms with van der Waals surface area (Å²) < 4.78 is 0. The zero-order valence-electron chi connectivity index (χ0n) is 9.59. The molecule has 0 fully saturated rings. The van der Waals surface area contributed by atoms with Crippen LogP contribution in [-0.4, -0.2) is 16.7 Å². The van der Waals surface area contributed by atoms with Crippen molar-refractivity contribution in [2.75, 3.05) is 6.54 Å². The van der Waals surface area contributed by atoms with Gasteiger partial charge in [0.15, 0.2) is 0 Å². The molecule has 1 aromatic carbocycles. The molecule has 0 spiro atoms. The highest BCUT2D eigenvalue weighted by atomic mass is 15.1. The molecule has 0 unspecified atom stereocenters. The van der Waals surface area contributed by atoms with Gasteiger partial charge in [-0.05, 0) is 30.5 Å². The predicted molar refractivity (Wildman–Crippen MR) is 68.5 cm³/mol. The van der Waals surface area contributed by atoms with E-state index in [1.165, 1.54) is 0 Å². The van der Waals surface area contributed by atoms with Crippen molar-refractivity contribution in [1.82, 2.24) is 10.2 Å². The fourth-order valence-electron chi connectivity index (χ4n) is 1.66. The number of benzene rings is 1. The number of H-pyrrole nitrogens is 1. The van der Waals surface area contributed by atoms with Gasteiger partial charge >= 0.3 is 0 Å². The highest BCUT2D eigenvalue weighted by molar-refractivity contribution is 5.83. The first kappa shape index (κ1) is 11.2. The average molecular weight is 227 g/mol. The van der Waals surface area contributed by atoms with Crippen molar-refractivity contribution in [3.63, 3.8) is 0 Å². The highest BCUT2D eigenvalue weighted by Gasteiger charge is 2.00. The van der Waals surface area contributed by atoms with Crippen LogP contribution in [-0.2, 0) is 0 Å². The van der Waals surface area contributed by atoms with Crippen LogP contribution in [0.1, 0.15) is 17.7 Å². The Kier molecular flexibility index (Phi) is 3.43. The van der Waals surface area contributed by atoms with Crippen molar-refractivity contribution < 1.29 is 0 Å². The molecule has 2 rings (SSSR count). The lowest BCUT2D eigenvalue weighted by molar-refractivity contribution is 0.996. The fourth-order valence-corrected chi connectivity index (χ4v) is 1.66. The van der Waals surface area contributed by atoms with Crippen LogP contribution < -0.4 is 0 Å². The first-order valence-electron chi connectivity index (χ1n) is 5.43. The van der Waals surface area contributed by atoms with Gasteiger partial charge in [0.2, 0.25) is 0 Å². The van der Waals surface area contributed by atoms with E-state index in [0.717, 1.165) is 28.6 Å². The quantitative estimate of drug-likeness (QED) is 0.368. The normalized spacial score (nSPS) is 10.9. The lowest BCUT2D eigenvalue weighted by Gasteiger charge is -1.94. The van der Waals surface area contributed by atoms with Gasteiger partial charge in [-0.3, -0.25) is 5.10 Å². The minimum Gasteiger partial charge on any atom is -0.282 e. The molecular formula is C12H13N5. The van der Waals surface area contributed by atoms with E-state index >= 15 is 0 Å². The molecule has 0 aliphatic rings. The second-order valence-electron chi connectivity index (χ2n) is 3.77. The number of azide groups is 1. The number of aromatic amines is 1. The zero-order valence-corrected chi connectivity index (χ0v) is 9.59. The number of fused-ring (bicyclic) bond motifs is 1. The summed E-state index contributed by atoms with van der Waals surface area (Å²) in [7, 11) is 0. The van der Waals surface area contributed by atoms with Crippen molar-refractivity contribution in [2.45, 2.75) is 13.3 Å². The molecule has 5 nitrogen and oxygen atoms in total. The Morgan fingerprint density at radius 1 is 1.53 bits per heavy atom. The summed E-state index contributed by atoms with van der Waals surface area (Å²) in [5.41, 5.74) is 11.3. The number of aryl methyl sites for hydroxylation is 1. The molecule has 5 heteroatoms. The third-order valence-corrected chi connectivity index (χ3v) is 2.54. The third-order valence-electron chi connectivity index (χ3n) is 2.54. The van der Waals surface area contributed by atoms with Gasteiger partial charge in [0.25, 0.3) is 0 Å². The van der Waals surface area contributed by atoms with Gasteiger partial charge < -0.3 is 0 Å². The number of rotatable bonds is 4. The number of hydrogen-bond donors (Lipinski definition) is 1. The molecule has 86 valence electrons. The standard InChI is InChI=1S/C12H13N5/c1-9-11-6-5-10(8-12(11)16-15-9)4-2-3-7-14-17-13/h2,4-6,8H,3,7H2,1H3,(H,15,16). The highest BCUT2D eigenvalue weighted by Crippen LogP contribution is 2.17. The molecule has 0 atom stereocenters. The monoisotopic (exact) mass is 227 g/mol. The van der Waals surface area contributed by atoms with Crippen molar-refractivity contribution >= 4 is 17.0 Å². The minimum absolute atomic E-state index is 0.497. The van der Waals surface area contributed by atoms with Crippen LogP contribution in [0.2, 0.25) is 0 Å². The van der Waals surface area contributed by atoms with E-state index < -0.39 is 0 Å². The van der Waals surface area contributed by atoms with Crippen LogP contribution in [0.3, 0.4) is 0 Å². The summed E-state index contributed by atoms with van der Waals surface area (Å²) in [5, 5.41) is 11.8. The van der Waals surface area contributed by atoms with Gasteiger partial charge in [-0.2, -0.15) is 5.10 Å². The maximum absolute atomic E-state index is 8.13. The summed E-state index contributed by atoms with van der Waals surface area (Å²) in [6, 6.07) is 6.14. The first-order valence-corrected chi connectivity index (χ1v) is 5.43. The van der Waals surface area contributed by atoms with E-state index in [1.54, 1.807) is 0 Å². The molecule has 0 saturated carbocycles. The Bertz CT molecular complexity index is 590. The van der Waals surface area contributed by atoms with Gasteiger partial charge in [0.05, 0.1) is 5.52 Å². The predicted octanol–water partition coefficient (Wildman–Crippen LogP) is 3.58. The lowest BCUT2D eigenvalue weighted by atomic mass is 10.1. The fraction of sp³-hybridized carbons (Fsp3) is 0.250. The number of nitrogens with zero attached hydrogens (tertiary/aromatic N) is 4. The molecule has 0 aliphatic heterocycles. The van der Waals surface area contributed by atoms with Crippen molar-refractivity contribution in [1.29, 1.82) is 0 Å². The van der Waals surface area contributed by atoms with Crippen LogP contribution >= 0.6 is 0 Å². The molecule has 0 amide bonds. The Morgan fingerprint density at radius 3 is 3.24 bits per heavy atom. The molecule has 0 saturated heterocycles. The van der Waals surface area contributed by atoms with Gasteiger partial charge in [-0.25, -0.2) is 0 Å². The Morgan fingerprint density at radius 2 is 2.41 bits per heavy atom. The largest absolute Gasteiger partial charge is 0.282 e. The molecular weight excluding hydrogens is 214 g/mol. The number of aromatic nitrogens is 2. The minimum atomic E-state index is 0.497. The topological polar surface area (TPSA) is 77.4 Å². The third kappa shape index (κ3) is 2.65. The van der Waals surface area contributed by atoms with Gasteiger partial charge in [-0.1, -0.05) is 29.4 Å². The number of nitrogens with one attached hydrogen (secondary N) is 1. The van der Waals surface area contributed by atoms with Crippen molar-refractivity contribution in [3.05, 3.63) is 46.0 Å². The summed E-state index contributed by atoms with van der Waals surface area (Å²) in [4.78, 5) is 2.70. The van der Waals surface area contributed by atoms with E-state index in [-0.39, 0.29) is 0 Å². The smallest absolute Gasteiger partial charge is 0.0929 e. The molecule has 1 N–H and O–H groups in total. The van der Waals surface area contributed by atoms with E-state index in [4.69, 9.17) is 5.53 Å². The van der Waals surface area contributed by atoms with Crippen LogP contribution in [0.5, 0.6) is 0 Å². The van der Waals surface area contributed by atoms with Crippen LogP contribution in [0.25, 0.3) is 27.4 Å². The molecule has 2 aromatic rings. The van der Waals surface area contributed by atoms with E-state index in [2.05, 4.69) is 32.4 Å². The van der Waals surface area contributed by atoms with E-state index in [9.17, 15) is 0 Å². The maximum Gasteiger partial charge on any atom is 0.0929 e. The molecule has 1 heterocycles. The molecule has 0 radical (unpaired) electrons. The Balaban J connectivity index is 2.11. The van der Waals surface area contributed by atoms with E-state index in [1.807, 2.05) is 25.1 Å². The summed E-state index contributed by atoms with van der Waals surface area (Å²) in [6.45, 7) is 2.50. The zero-order chi connectivity index (χ0) is 12.1. The van der Waals surface area contributed by atoms with Gasteiger partial charge in [-0.15, -0.1) is 0 Å². The SMILES string of the molecule is Cc1[nH]nc2cc(C=CCCN=[N+]=[N-])ccc12. The molecule has 0 bridgehead atoms. The van der Waals surface area contributed by atoms with Gasteiger partial charge in [0.1, 0.15) is 0 Å². The molecule has 0 aliphatic carbocycles. The van der Waals surface area contributed by atoms with Crippen LogP contribution in [0.15, 0.2) is 29.4 Å². The molecule has 1 aromatic heterocycles. The van der Waals surface area contributed by atoms with Crippen molar-refractivity contribution in [2.24, 2.45) is 5.11 Å². The summed E-state index contributed by atoms with van der Waals surface area (Å²) >= 11 is 0. The van der Waals surface area contributed by atoms with Crippen LogP contribution in [0, 0.1) is 6.92 Å². The second kappa shape index (κ2) is 5.18. The van der Waals surface area contributed by atoms with Crippen LogP contribution in [0.4, 0.5) is 0 Å².